The zero-order chi connectivity index (χ0) is 18.5. The molecule has 0 aromatic heterocycles. The molecule has 4 rings (SSSR count). The van der Waals surface area contributed by atoms with Gasteiger partial charge in [0, 0.05) is 6.54 Å². The number of rotatable bonds is 5. The lowest BCUT2D eigenvalue weighted by atomic mass is 9.88. The van der Waals surface area contributed by atoms with Crippen LogP contribution in [0.4, 0.5) is 0 Å². The molecule has 4 heteroatoms. The summed E-state index contributed by atoms with van der Waals surface area (Å²) >= 11 is 0. The van der Waals surface area contributed by atoms with E-state index in [-0.39, 0.29) is 6.04 Å². The van der Waals surface area contributed by atoms with Crippen LogP contribution in [0.25, 0.3) is 0 Å². The normalized spacial score (nSPS) is 23.8. The molecule has 27 heavy (non-hydrogen) atoms. The van der Waals surface area contributed by atoms with Crippen LogP contribution in [-0.4, -0.2) is 29.1 Å². The molecule has 2 unspecified atom stereocenters. The van der Waals surface area contributed by atoms with Gasteiger partial charge in [-0.3, -0.25) is 4.90 Å². The second-order valence-corrected chi connectivity index (χ2v) is 7.48. The number of nitrogens with zero attached hydrogens (tertiary/aromatic N) is 1. The molecule has 0 spiro atoms. The van der Waals surface area contributed by atoms with Crippen LogP contribution >= 0.6 is 0 Å². The summed E-state index contributed by atoms with van der Waals surface area (Å²) in [6.07, 6.45) is 17.1. The summed E-state index contributed by atoms with van der Waals surface area (Å²) in [4.78, 5) is 2.54. The first-order chi connectivity index (χ1) is 13.3. The van der Waals surface area contributed by atoms with E-state index in [1.807, 2.05) is 0 Å². The molecule has 1 N–H and O–H groups in total. The number of piperidine rings is 1. The molecule has 0 radical (unpaired) electrons. The van der Waals surface area contributed by atoms with Gasteiger partial charge in [-0.2, -0.15) is 0 Å². The monoisotopic (exact) mass is 365 g/mol. The van der Waals surface area contributed by atoms with Gasteiger partial charge < -0.3 is 14.6 Å². The second kappa shape index (κ2) is 8.49. The third-order valence-corrected chi connectivity index (χ3v) is 5.66. The molecule has 2 aliphatic heterocycles. The maximum atomic E-state index is 9.58. The number of aromatic hydroxyl groups is 1. The molecule has 0 saturated carbocycles. The van der Waals surface area contributed by atoms with Gasteiger partial charge in [0.05, 0.1) is 6.04 Å². The fraction of sp³-hybridized carbons (Fsp3) is 0.391. The van der Waals surface area contributed by atoms with Crippen LogP contribution in [0, 0.1) is 0 Å². The summed E-state index contributed by atoms with van der Waals surface area (Å²) in [6, 6.07) is 7.87. The molecule has 1 aliphatic carbocycles. The molecule has 1 aromatic rings. The molecule has 2 heterocycles. The zero-order valence-electron chi connectivity index (χ0n) is 15.6. The predicted molar refractivity (Wildman–Crippen MR) is 106 cm³/mol. The van der Waals surface area contributed by atoms with Crippen LogP contribution in [0.3, 0.4) is 0 Å². The van der Waals surface area contributed by atoms with Gasteiger partial charge in [-0.25, -0.2) is 0 Å². The Balaban J connectivity index is 1.53. The largest absolute Gasteiger partial charge is 0.508 e. The van der Waals surface area contributed by atoms with Crippen molar-refractivity contribution in [3.8, 4) is 5.75 Å². The average molecular weight is 365 g/mol. The van der Waals surface area contributed by atoms with Crippen molar-refractivity contribution < 1.29 is 14.6 Å². The minimum atomic E-state index is 0.188. The molecular weight excluding hydrogens is 338 g/mol. The maximum Gasteiger partial charge on any atom is 0.156 e. The SMILES string of the molecule is Oc1ccc(C2CCCN(C(CC3=CC=CCC3)C3=COC=CO3)C2)cc1. The zero-order valence-corrected chi connectivity index (χ0v) is 15.6. The van der Waals surface area contributed by atoms with Crippen molar-refractivity contribution in [2.24, 2.45) is 0 Å². The molecule has 1 fully saturated rings. The number of allylic oxidation sites excluding steroid dienone is 3. The molecule has 1 aromatic carbocycles. The highest BCUT2D eigenvalue weighted by Crippen LogP contribution is 2.33. The van der Waals surface area contributed by atoms with Crippen molar-refractivity contribution in [2.45, 2.75) is 44.1 Å². The van der Waals surface area contributed by atoms with Gasteiger partial charge in [-0.15, -0.1) is 0 Å². The van der Waals surface area contributed by atoms with E-state index in [0.29, 0.717) is 11.7 Å². The Morgan fingerprint density at radius 1 is 1.19 bits per heavy atom. The van der Waals surface area contributed by atoms with Crippen LogP contribution in [0.15, 0.2) is 72.6 Å². The number of hydrogen-bond acceptors (Lipinski definition) is 4. The van der Waals surface area contributed by atoms with Gasteiger partial charge in [0.1, 0.15) is 24.5 Å². The van der Waals surface area contributed by atoms with Gasteiger partial charge >= 0.3 is 0 Å². The van der Waals surface area contributed by atoms with E-state index in [2.05, 4.69) is 35.3 Å². The summed E-state index contributed by atoms with van der Waals surface area (Å²) in [6.45, 7) is 2.05. The lowest BCUT2D eigenvalue weighted by Crippen LogP contribution is -2.43. The average Bonchev–Trinajstić information content (AvgIpc) is 2.74. The highest BCUT2D eigenvalue weighted by molar-refractivity contribution is 5.29. The fourth-order valence-corrected chi connectivity index (χ4v) is 4.22. The van der Waals surface area contributed by atoms with E-state index in [9.17, 15) is 5.11 Å². The molecule has 2 atom stereocenters. The van der Waals surface area contributed by atoms with Gasteiger partial charge in [-0.1, -0.05) is 35.9 Å². The number of likely N-dealkylation sites (tertiary alicyclic amines) is 1. The van der Waals surface area contributed by atoms with Crippen molar-refractivity contribution in [3.63, 3.8) is 0 Å². The van der Waals surface area contributed by atoms with Crippen molar-refractivity contribution in [3.05, 3.63) is 78.2 Å². The van der Waals surface area contributed by atoms with Gasteiger partial charge in [0.25, 0.3) is 0 Å². The van der Waals surface area contributed by atoms with Crippen molar-refractivity contribution >= 4 is 0 Å². The number of phenols is 1. The van der Waals surface area contributed by atoms with Crippen molar-refractivity contribution in [2.75, 3.05) is 13.1 Å². The predicted octanol–water partition coefficient (Wildman–Crippen LogP) is 4.97. The van der Waals surface area contributed by atoms with E-state index in [1.165, 1.54) is 17.6 Å². The highest BCUT2D eigenvalue weighted by Gasteiger charge is 2.31. The quantitative estimate of drug-likeness (QED) is 0.800. The van der Waals surface area contributed by atoms with E-state index in [4.69, 9.17) is 9.47 Å². The second-order valence-electron chi connectivity index (χ2n) is 7.48. The minimum Gasteiger partial charge on any atom is -0.508 e. The first-order valence-electron chi connectivity index (χ1n) is 9.84. The van der Waals surface area contributed by atoms with Crippen molar-refractivity contribution in [1.82, 2.24) is 4.90 Å². The lowest BCUT2D eigenvalue weighted by molar-refractivity contribution is 0.115. The third-order valence-electron chi connectivity index (χ3n) is 5.66. The van der Waals surface area contributed by atoms with Gasteiger partial charge in [-0.05, 0) is 62.3 Å². The van der Waals surface area contributed by atoms with Crippen LogP contribution in [-0.2, 0) is 9.47 Å². The molecule has 0 bridgehead atoms. The fourth-order valence-electron chi connectivity index (χ4n) is 4.22. The minimum absolute atomic E-state index is 0.188. The van der Waals surface area contributed by atoms with Crippen LogP contribution in [0.2, 0.25) is 0 Å². The summed E-state index contributed by atoms with van der Waals surface area (Å²) in [5, 5.41) is 9.58. The Hall–Kier alpha value is -2.46. The molecule has 1 saturated heterocycles. The van der Waals surface area contributed by atoms with E-state index in [0.717, 1.165) is 44.5 Å². The van der Waals surface area contributed by atoms with Gasteiger partial charge in [0.15, 0.2) is 5.76 Å². The molecule has 3 aliphatic rings. The Morgan fingerprint density at radius 3 is 2.81 bits per heavy atom. The van der Waals surface area contributed by atoms with Crippen LogP contribution in [0.5, 0.6) is 5.75 Å². The summed E-state index contributed by atoms with van der Waals surface area (Å²) in [5.74, 6) is 1.69. The highest BCUT2D eigenvalue weighted by atomic mass is 16.5. The Kier molecular flexibility index (Phi) is 5.64. The van der Waals surface area contributed by atoms with Gasteiger partial charge in [0.2, 0.25) is 0 Å². The lowest BCUT2D eigenvalue weighted by Gasteiger charge is -2.39. The Morgan fingerprint density at radius 2 is 2.07 bits per heavy atom. The summed E-state index contributed by atoms with van der Waals surface area (Å²) in [7, 11) is 0. The van der Waals surface area contributed by atoms with Crippen LogP contribution < -0.4 is 0 Å². The number of phenolic OH excluding ortho intramolecular Hbond substituents is 1. The maximum absolute atomic E-state index is 9.58. The van der Waals surface area contributed by atoms with E-state index >= 15 is 0 Å². The van der Waals surface area contributed by atoms with Crippen LogP contribution in [0.1, 0.15) is 43.6 Å². The molecule has 142 valence electrons. The van der Waals surface area contributed by atoms with E-state index in [1.54, 1.807) is 30.9 Å². The smallest absolute Gasteiger partial charge is 0.156 e. The first-order valence-corrected chi connectivity index (χ1v) is 9.84. The Labute approximate surface area is 161 Å². The number of hydrogen-bond donors (Lipinski definition) is 1. The molecular formula is C23H27NO3. The number of benzene rings is 1. The molecule has 0 amide bonds. The van der Waals surface area contributed by atoms with E-state index < -0.39 is 0 Å². The third kappa shape index (κ3) is 4.45. The molecule has 4 nitrogen and oxygen atoms in total. The first kappa shape index (κ1) is 17.9. The number of ether oxygens (including phenoxy) is 2. The summed E-state index contributed by atoms with van der Waals surface area (Å²) in [5.41, 5.74) is 2.76. The Bertz CT molecular complexity index is 760. The van der Waals surface area contributed by atoms with Crippen molar-refractivity contribution in [1.29, 1.82) is 0 Å². The summed E-state index contributed by atoms with van der Waals surface area (Å²) < 4.78 is 11.2. The standard InChI is InChI=1S/C23H27NO3/c25-21-10-8-19(9-11-21)20-7-4-12-24(16-20)22(23-17-26-13-14-27-23)15-18-5-2-1-3-6-18/h1-2,5,8-11,13-14,17,20,22,25H,3-4,6-7,12,15-16H2. The topological polar surface area (TPSA) is 41.9 Å².